The first kappa shape index (κ1) is 14.3. The molecule has 0 amide bonds. The summed E-state index contributed by atoms with van der Waals surface area (Å²) >= 11 is 3.45. The minimum Gasteiger partial charge on any atom is -0.497 e. The van der Waals surface area contributed by atoms with Crippen LogP contribution >= 0.6 is 15.9 Å². The lowest BCUT2D eigenvalue weighted by Gasteiger charge is -2.21. The van der Waals surface area contributed by atoms with Crippen molar-refractivity contribution in [3.8, 4) is 5.75 Å². The van der Waals surface area contributed by atoms with Crippen molar-refractivity contribution in [2.24, 2.45) is 0 Å². The van der Waals surface area contributed by atoms with Gasteiger partial charge in [-0.05, 0) is 23.8 Å². The number of carboxylic acids is 1. The fraction of sp³-hybridized carbons (Fsp3) is 0.462. The molecule has 1 fully saturated rings. The summed E-state index contributed by atoms with van der Waals surface area (Å²) in [6, 6.07) is 4.94. The van der Waals surface area contributed by atoms with Crippen molar-refractivity contribution >= 4 is 21.9 Å². The van der Waals surface area contributed by atoms with Crippen molar-refractivity contribution in [1.29, 1.82) is 0 Å². The molecule has 2 atom stereocenters. The molecule has 2 unspecified atom stereocenters. The van der Waals surface area contributed by atoms with Crippen LogP contribution in [0.4, 0.5) is 0 Å². The summed E-state index contributed by atoms with van der Waals surface area (Å²) < 4.78 is 6.07. The molecule has 1 heterocycles. The first-order chi connectivity index (χ1) is 9.01. The Morgan fingerprint density at radius 2 is 2.32 bits per heavy atom. The number of carboxylic acid groups (broad SMARTS) is 1. The molecule has 5 nitrogen and oxygen atoms in total. The van der Waals surface area contributed by atoms with Gasteiger partial charge in [-0.25, -0.2) is 0 Å². The summed E-state index contributed by atoms with van der Waals surface area (Å²) in [5.41, 5.74) is 0.944. The smallest absolute Gasteiger partial charge is 0.321 e. The van der Waals surface area contributed by atoms with Gasteiger partial charge >= 0.3 is 5.97 Å². The number of benzene rings is 1. The molecule has 1 aliphatic heterocycles. The molecule has 1 aliphatic rings. The average Bonchev–Trinajstić information content (AvgIpc) is 2.73. The second kappa shape index (κ2) is 5.90. The van der Waals surface area contributed by atoms with E-state index in [1.165, 1.54) is 0 Å². The SMILES string of the molecule is COc1ccc(Br)c(CN2CC(O)CC2C(=O)O)c1. The zero-order valence-corrected chi connectivity index (χ0v) is 12.1. The number of hydrogen-bond donors (Lipinski definition) is 2. The Labute approximate surface area is 119 Å². The van der Waals surface area contributed by atoms with Crippen molar-refractivity contribution in [2.75, 3.05) is 13.7 Å². The van der Waals surface area contributed by atoms with Gasteiger partial charge in [-0.2, -0.15) is 0 Å². The van der Waals surface area contributed by atoms with Crippen LogP contribution in [0.25, 0.3) is 0 Å². The van der Waals surface area contributed by atoms with Gasteiger partial charge in [-0.3, -0.25) is 9.69 Å². The van der Waals surface area contributed by atoms with Gasteiger partial charge in [-0.1, -0.05) is 15.9 Å². The first-order valence-corrected chi connectivity index (χ1v) is 6.78. The number of ether oxygens (including phenoxy) is 1. The molecule has 2 rings (SSSR count). The molecule has 19 heavy (non-hydrogen) atoms. The summed E-state index contributed by atoms with van der Waals surface area (Å²) in [7, 11) is 1.59. The van der Waals surface area contributed by atoms with Crippen LogP contribution in [0, 0.1) is 0 Å². The second-order valence-electron chi connectivity index (χ2n) is 4.63. The highest BCUT2D eigenvalue weighted by Crippen LogP contribution is 2.27. The van der Waals surface area contributed by atoms with Crippen LogP contribution in [0.15, 0.2) is 22.7 Å². The standard InChI is InChI=1S/C13H16BrNO4/c1-19-10-2-3-11(14)8(4-10)6-15-7-9(16)5-12(15)13(17)18/h2-4,9,12,16H,5-7H2,1H3,(H,17,18). The zero-order valence-electron chi connectivity index (χ0n) is 10.5. The number of β-amino-alcohol motifs (C(OH)–C–C–N with tert-alkyl or cyclic N) is 1. The Bertz CT molecular complexity index is 480. The van der Waals surface area contributed by atoms with E-state index >= 15 is 0 Å². The van der Waals surface area contributed by atoms with E-state index in [1.54, 1.807) is 12.0 Å². The van der Waals surface area contributed by atoms with E-state index in [-0.39, 0.29) is 6.42 Å². The van der Waals surface area contributed by atoms with Crippen molar-refractivity contribution in [1.82, 2.24) is 4.90 Å². The molecule has 2 N–H and O–H groups in total. The lowest BCUT2D eigenvalue weighted by molar-refractivity contribution is -0.142. The molecule has 0 saturated carbocycles. The molecule has 0 aromatic heterocycles. The van der Waals surface area contributed by atoms with Crippen LogP contribution < -0.4 is 4.74 Å². The highest BCUT2D eigenvalue weighted by molar-refractivity contribution is 9.10. The number of hydrogen-bond acceptors (Lipinski definition) is 4. The van der Waals surface area contributed by atoms with Crippen LogP contribution in [-0.2, 0) is 11.3 Å². The first-order valence-electron chi connectivity index (χ1n) is 5.98. The summed E-state index contributed by atoms with van der Waals surface area (Å²) in [6.07, 6.45) is -0.304. The van der Waals surface area contributed by atoms with Crippen molar-refractivity contribution in [3.63, 3.8) is 0 Å². The summed E-state index contributed by atoms with van der Waals surface area (Å²) in [5.74, 6) is -0.166. The average molecular weight is 330 g/mol. The van der Waals surface area contributed by atoms with Gasteiger partial charge in [0.1, 0.15) is 11.8 Å². The van der Waals surface area contributed by atoms with Gasteiger partial charge in [0, 0.05) is 24.0 Å². The Morgan fingerprint density at radius 1 is 1.58 bits per heavy atom. The van der Waals surface area contributed by atoms with Gasteiger partial charge in [0.2, 0.25) is 0 Å². The number of methoxy groups -OCH3 is 1. The number of aliphatic hydroxyl groups excluding tert-OH is 1. The molecule has 1 aromatic carbocycles. The topological polar surface area (TPSA) is 70.0 Å². The quantitative estimate of drug-likeness (QED) is 0.875. The number of aliphatic carboxylic acids is 1. The number of likely N-dealkylation sites (tertiary alicyclic amines) is 1. The van der Waals surface area contributed by atoms with E-state index in [4.69, 9.17) is 9.84 Å². The molecule has 1 saturated heterocycles. The zero-order chi connectivity index (χ0) is 14.0. The predicted molar refractivity (Wildman–Crippen MR) is 73.2 cm³/mol. The second-order valence-corrected chi connectivity index (χ2v) is 5.48. The third kappa shape index (κ3) is 3.26. The Balaban J connectivity index is 2.18. The molecular formula is C13H16BrNO4. The fourth-order valence-electron chi connectivity index (χ4n) is 2.33. The minimum atomic E-state index is -0.893. The van der Waals surface area contributed by atoms with E-state index in [1.807, 2.05) is 18.2 Å². The largest absolute Gasteiger partial charge is 0.497 e. The number of carbonyl (C=O) groups is 1. The van der Waals surface area contributed by atoms with Crippen molar-refractivity contribution < 1.29 is 19.7 Å². The van der Waals surface area contributed by atoms with Gasteiger partial charge in [-0.15, -0.1) is 0 Å². The Morgan fingerprint density at radius 3 is 2.95 bits per heavy atom. The highest BCUT2D eigenvalue weighted by Gasteiger charge is 2.35. The van der Waals surface area contributed by atoms with Crippen LogP contribution in [0.1, 0.15) is 12.0 Å². The Kier molecular flexibility index (Phi) is 4.44. The summed E-state index contributed by atoms with van der Waals surface area (Å²) in [6.45, 7) is 0.840. The van der Waals surface area contributed by atoms with Crippen LogP contribution in [0.5, 0.6) is 5.75 Å². The van der Waals surface area contributed by atoms with Crippen molar-refractivity contribution in [3.05, 3.63) is 28.2 Å². The van der Waals surface area contributed by atoms with E-state index < -0.39 is 18.1 Å². The molecule has 0 spiro atoms. The maximum absolute atomic E-state index is 11.2. The molecule has 0 bridgehead atoms. The molecular weight excluding hydrogens is 314 g/mol. The maximum atomic E-state index is 11.2. The molecule has 104 valence electrons. The Hall–Kier alpha value is -1.11. The highest BCUT2D eigenvalue weighted by atomic mass is 79.9. The van der Waals surface area contributed by atoms with E-state index in [2.05, 4.69) is 15.9 Å². The monoisotopic (exact) mass is 329 g/mol. The third-order valence-electron chi connectivity index (χ3n) is 3.29. The number of halogens is 1. The summed E-state index contributed by atoms with van der Waals surface area (Å²) in [4.78, 5) is 12.9. The van der Waals surface area contributed by atoms with Crippen LogP contribution in [0.3, 0.4) is 0 Å². The lowest BCUT2D eigenvalue weighted by Crippen LogP contribution is -2.35. The third-order valence-corrected chi connectivity index (χ3v) is 4.07. The van der Waals surface area contributed by atoms with E-state index in [0.29, 0.717) is 13.1 Å². The molecule has 0 radical (unpaired) electrons. The van der Waals surface area contributed by atoms with Gasteiger partial charge in [0.25, 0.3) is 0 Å². The van der Waals surface area contributed by atoms with Gasteiger partial charge in [0.05, 0.1) is 13.2 Å². The predicted octanol–water partition coefficient (Wildman–Crippen LogP) is 1.48. The van der Waals surface area contributed by atoms with E-state index in [0.717, 1.165) is 15.8 Å². The van der Waals surface area contributed by atoms with Crippen molar-refractivity contribution in [2.45, 2.75) is 25.1 Å². The molecule has 1 aromatic rings. The van der Waals surface area contributed by atoms with Crippen LogP contribution in [-0.4, -0.2) is 46.9 Å². The fourth-order valence-corrected chi connectivity index (χ4v) is 2.70. The number of aliphatic hydroxyl groups is 1. The lowest BCUT2D eigenvalue weighted by atomic mass is 10.1. The maximum Gasteiger partial charge on any atom is 0.321 e. The molecule has 6 heteroatoms. The summed E-state index contributed by atoms with van der Waals surface area (Å²) in [5, 5.41) is 18.8. The van der Waals surface area contributed by atoms with Gasteiger partial charge < -0.3 is 14.9 Å². The molecule has 0 aliphatic carbocycles. The minimum absolute atomic E-state index is 0.275. The number of nitrogens with zero attached hydrogens (tertiary/aromatic N) is 1. The van der Waals surface area contributed by atoms with Gasteiger partial charge in [0.15, 0.2) is 0 Å². The number of rotatable bonds is 4. The van der Waals surface area contributed by atoms with E-state index in [9.17, 15) is 9.90 Å². The normalized spacial score (nSPS) is 23.5. The van der Waals surface area contributed by atoms with Crippen LogP contribution in [0.2, 0.25) is 0 Å².